The summed E-state index contributed by atoms with van der Waals surface area (Å²) >= 11 is 0. The second-order valence-corrected chi connectivity index (χ2v) is 9.40. The number of ether oxygens (including phenoxy) is 2. The van der Waals surface area contributed by atoms with Gasteiger partial charge in [-0.3, -0.25) is 15.4 Å². The Balaban J connectivity index is 1.78. The third-order valence-corrected chi connectivity index (χ3v) is 4.73. The standard InChI is InChI=1S/C23H28N4O6/c1-22(2,3)33-21(29)25-15-9-10-19-17(12-15)18(13-23(4,5)32-19)26-20(28)24-14-7-6-8-16(11-14)27(30)31/h6-12,18H,13H2,1-5H3,(H,25,29)(H2,24,26,28)/t18-/m1/s1. The lowest BCUT2D eigenvalue weighted by Gasteiger charge is -2.38. The Morgan fingerprint density at radius 2 is 1.82 bits per heavy atom. The van der Waals surface area contributed by atoms with Gasteiger partial charge in [0, 0.05) is 35.5 Å². The van der Waals surface area contributed by atoms with Crippen LogP contribution < -0.4 is 20.7 Å². The Labute approximate surface area is 191 Å². The fraction of sp³-hybridized carbons (Fsp3) is 0.391. The Bertz CT molecular complexity index is 1080. The monoisotopic (exact) mass is 456 g/mol. The molecule has 0 radical (unpaired) electrons. The molecule has 0 spiro atoms. The molecule has 10 heteroatoms. The van der Waals surface area contributed by atoms with Gasteiger partial charge in [-0.15, -0.1) is 0 Å². The van der Waals surface area contributed by atoms with Gasteiger partial charge >= 0.3 is 12.1 Å². The van der Waals surface area contributed by atoms with Gasteiger partial charge in [-0.05, 0) is 58.9 Å². The SMILES string of the molecule is CC(C)(C)OC(=O)Nc1ccc2c(c1)[C@H](NC(=O)Nc1cccc([N+](=O)[O-])c1)CC(C)(C)O2. The van der Waals surface area contributed by atoms with Crippen LogP contribution in [0.4, 0.5) is 26.7 Å². The van der Waals surface area contributed by atoms with E-state index in [4.69, 9.17) is 9.47 Å². The lowest BCUT2D eigenvalue weighted by atomic mass is 9.89. The molecule has 0 saturated carbocycles. The summed E-state index contributed by atoms with van der Waals surface area (Å²) in [5.41, 5.74) is 0.183. The van der Waals surface area contributed by atoms with Crippen LogP contribution >= 0.6 is 0 Å². The summed E-state index contributed by atoms with van der Waals surface area (Å²) in [7, 11) is 0. The fourth-order valence-corrected chi connectivity index (χ4v) is 3.51. The Morgan fingerprint density at radius 1 is 1.12 bits per heavy atom. The molecule has 2 aromatic rings. The van der Waals surface area contributed by atoms with Crippen LogP contribution in [-0.2, 0) is 4.74 Å². The molecule has 1 aliphatic heterocycles. The molecular weight excluding hydrogens is 428 g/mol. The number of amides is 3. The molecule has 1 heterocycles. The minimum atomic E-state index is -0.639. The number of carbonyl (C=O) groups is 2. The molecule has 0 saturated heterocycles. The zero-order valence-electron chi connectivity index (χ0n) is 19.2. The third kappa shape index (κ3) is 6.58. The Kier molecular flexibility index (Phi) is 6.48. The molecule has 0 aromatic heterocycles. The van der Waals surface area contributed by atoms with E-state index in [1.54, 1.807) is 45.0 Å². The molecule has 10 nitrogen and oxygen atoms in total. The van der Waals surface area contributed by atoms with Crippen molar-refractivity contribution < 1.29 is 24.0 Å². The van der Waals surface area contributed by atoms with Crippen LogP contribution in [0, 0.1) is 10.1 Å². The van der Waals surface area contributed by atoms with Crippen molar-refractivity contribution in [3.05, 3.63) is 58.1 Å². The minimum absolute atomic E-state index is 0.122. The van der Waals surface area contributed by atoms with Crippen molar-refractivity contribution in [3.8, 4) is 5.75 Å². The van der Waals surface area contributed by atoms with Crippen LogP contribution in [0.25, 0.3) is 0 Å². The third-order valence-electron chi connectivity index (χ3n) is 4.73. The van der Waals surface area contributed by atoms with Crippen molar-refractivity contribution in [1.82, 2.24) is 5.32 Å². The van der Waals surface area contributed by atoms with E-state index < -0.39 is 34.3 Å². The second-order valence-electron chi connectivity index (χ2n) is 9.40. The normalized spacial score (nSPS) is 16.6. The van der Waals surface area contributed by atoms with E-state index in [0.29, 0.717) is 29.1 Å². The quantitative estimate of drug-likeness (QED) is 0.419. The van der Waals surface area contributed by atoms with E-state index in [-0.39, 0.29) is 5.69 Å². The first kappa shape index (κ1) is 23.8. The predicted octanol–water partition coefficient (Wildman–Crippen LogP) is 5.37. The van der Waals surface area contributed by atoms with Crippen LogP contribution in [0.3, 0.4) is 0 Å². The first-order valence-electron chi connectivity index (χ1n) is 10.5. The maximum Gasteiger partial charge on any atom is 0.412 e. The number of urea groups is 1. The predicted molar refractivity (Wildman–Crippen MR) is 124 cm³/mol. The topological polar surface area (TPSA) is 132 Å². The highest BCUT2D eigenvalue weighted by atomic mass is 16.6. The molecule has 176 valence electrons. The van der Waals surface area contributed by atoms with E-state index in [1.807, 2.05) is 13.8 Å². The number of benzene rings is 2. The maximum absolute atomic E-state index is 12.7. The van der Waals surface area contributed by atoms with Crippen molar-refractivity contribution in [2.45, 2.75) is 58.3 Å². The summed E-state index contributed by atoms with van der Waals surface area (Å²) in [6.07, 6.45) is -0.120. The van der Waals surface area contributed by atoms with Gasteiger partial charge in [-0.1, -0.05) is 6.07 Å². The minimum Gasteiger partial charge on any atom is -0.487 e. The van der Waals surface area contributed by atoms with Crippen LogP contribution in [0.2, 0.25) is 0 Å². The largest absolute Gasteiger partial charge is 0.487 e. The van der Waals surface area contributed by atoms with Crippen LogP contribution in [0.1, 0.15) is 52.6 Å². The van der Waals surface area contributed by atoms with Gasteiger partial charge in [0.2, 0.25) is 0 Å². The van der Waals surface area contributed by atoms with Gasteiger partial charge in [0.15, 0.2) is 0 Å². The highest BCUT2D eigenvalue weighted by molar-refractivity contribution is 5.90. The molecule has 0 aliphatic carbocycles. The molecule has 0 unspecified atom stereocenters. The zero-order valence-corrected chi connectivity index (χ0v) is 19.2. The second kappa shape index (κ2) is 8.97. The van der Waals surface area contributed by atoms with Crippen molar-refractivity contribution in [1.29, 1.82) is 0 Å². The molecule has 2 aromatic carbocycles. The van der Waals surface area contributed by atoms with E-state index in [2.05, 4.69) is 16.0 Å². The number of nitro benzene ring substituents is 1. The smallest absolute Gasteiger partial charge is 0.412 e. The van der Waals surface area contributed by atoms with Crippen molar-refractivity contribution in [2.24, 2.45) is 0 Å². The number of anilines is 2. The number of hydrogen-bond donors (Lipinski definition) is 3. The van der Waals surface area contributed by atoms with Gasteiger partial charge in [-0.25, -0.2) is 9.59 Å². The summed E-state index contributed by atoms with van der Waals surface area (Å²) in [5.74, 6) is 0.585. The highest BCUT2D eigenvalue weighted by Gasteiger charge is 2.35. The number of nitrogens with one attached hydrogen (secondary N) is 3. The first-order chi connectivity index (χ1) is 15.3. The fourth-order valence-electron chi connectivity index (χ4n) is 3.51. The molecular formula is C23H28N4O6. The lowest BCUT2D eigenvalue weighted by Crippen LogP contribution is -2.42. The van der Waals surface area contributed by atoms with E-state index >= 15 is 0 Å². The van der Waals surface area contributed by atoms with Crippen LogP contribution in [0.15, 0.2) is 42.5 Å². The number of fused-ring (bicyclic) bond motifs is 1. The van der Waals surface area contributed by atoms with Gasteiger partial charge in [-0.2, -0.15) is 0 Å². The molecule has 0 fully saturated rings. The number of hydrogen-bond acceptors (Lipinski definition) is 6. The molecule has 3 amide bonds. The van der Waals surface area contributed by atoms with Gasteiger partial charge in [0.05, 0.1) is 11.0 Å². The number of nitro groups is 1. The summed E-state index contributed by atoms with van der Waals surface area (Å²) in [4.78, 5) is 35.3. The average molecular weight is 456 g/mol. The Hall–Kier alpha value is -3.82. The summed E-state index contributed by atoms with van der Waals surface area (Å²) < 4.78 is 11.3. The summed E-state index contributed by atoms with van der Waals surface area (Å²) in [5, 5.41) is 19.2. The number of non-ortho nitro benzene ring substituents is 1. The molecule has 1 atom stereocenters. The van der Waals surface area contributed by atoms with E-state index in [1.165, 1.54) is 18.2 Å². The molecule has 3 N–H and O–H groups in total. The molecule has 1 aliphatic rings. The Morgan fingerprint density at radius 3 is 2.48 bits per heavy atom. The molecule has 33 heavy (non-hydrogen) atoms. The number of carbonyl (C=O) groups excluding carboxylic acids is 2. The van der Waals surface area contributed by atoms with Crippen molar-refractivity contribution in [2.75, 3.05) is 10.6 Å². The number of rotatable bonds is 4. The van der Waals surface area contributed by atoms with Crippen molar-refractivity contribution in [3.63, 3.8) is 0 Å². The lowest BCUT2D eigenvalue weighted by molar-refractivity contribution is -0.384. The number of nitrogens with zero attached hydrogens (tertiary/aromatic N) is 1. The molecule has 0 bridgehead atoms. The molecule has 3 rings (SSSR count). The van der Waals surface area contributed by atoms with Gasteiger partial charge in [0.1, 0.15) is 17.0 Å². The van der Waals surface area contributed by atoms with Crippen LogP contribution in [0.5, 0.6) is 5.75 Å². The average Bonchev–Trinajstić information content (AvgIpc) is 2.66. The van der Waals surface area contributed by atoms with Crippen molar-refractivity contribution >= 4 is 29.2 Å². The maximum atomic E-state index is 12.7. The van der Waals surface area contributed by atoms with Gasteiger partial charge < -0.3 is 20.1 Å². The summed E-state index contributed by atoms with van der Waals surface area (Å²) in [6, 6.07) is 9.90. The van der Waals surface area contributed by atoms with Gasteiger partial charge in [0.25, 0.3) is 5.69 Å². The van der Waals surface area contributed by atoms with E-state index in [0.717, 1.165) is 0 Å². The highest BCUT2D eigenvalue weighted by Crippen LogP contribution is 2.40. The van der Waals surface area contributed by atoms with Crippen LogP contribution in [-0.4, -0.2) is 28.2 Å². The van der Waals surface area contributed by atoms with E-state index in [9.17, 15) is 19.7 Å². The zero-order chi connectivity index (χ0) is 24.4. The summed E-state index contributed by atoms with van der Waals surface area (Å²) in [6.45, 7) is 9.14. The first-order valence-corrected chi connectivity index (χ1v) is 10.5.